The van der Waals surface area contributed by atoms with E-state index in [1.807, 2.05) is 34.7 Å². The molecule has 0 atom stereocenters. The maximum atomic E-state index is 4.40. The maximum absolute atomic E-state index is 4.40. The lowest BCUT2D eigenvalue weighted by molar-refractivity contribution is 0.674. The summed E-state index contributed by atoms with van der Waals surface area (Å²) < 4.78 is 3.92. The number of nitrogens with zero attached hydrogens (tertiary/aromatic N) is 4. The molecule has 0 aliphatic carbocycles. The average Bonchev–Trinajstić information content (AvgIpc) is 3.01. The Balaban J connectivity index is 1.68. The number of aryl methyl sites for hydroxylation is 2. The van der Waals surface area contributed by atoms with Gasteiger partial charge in [0.1, 0.15) is 0 Å². The summed E-state index contributed by atoms with van der Waals surface area (Å²) in [5.74, 6) is 0. The van der Waals surface area contributed by atoms with Gasteiger partial charge in [0.25, 0.3) is 0 Å². The first kappa shape index (κ1) is 12.7. The summed E-state index contributed by atoms with van der Waals surface area (Å²) in [6, 6.07) is 10.6. The molecule has 2 heterocycles. The fourth-order valence-electron chi connectivity index (χ4n) is 2.23. The lowest BCUT2D eigenvalue weighted by Gasteiger charge is -2.05. The Bertz CT molecular complexity index is 630. The van der Waals surface area contributed by atoms with Gasteiger partial charge in [0.15, 0.2) is 0 Å². The van der Waals surface area contributed by atoms with Crippen molar-refractivity contribution in [3.63, 3.8) is 0 Å². The van der Waals surface area contributed by atoms with Crippen LogP contribution in [0.15, 0.2) is 48.9 Å². The van der Waals surface area contributed by atoms with Crippen molar-refractivity contribution in [1.82, 2.24) is 19.6 Å². The molecule has 102 valence electrons. The van der Waals surface area contributed by atoms with E-state index in [-0.39, 0.29) is 0 Å². The standard InChI is InChI=1S/C16H18N4/c1-13-9-17-20(10-13)12-16-5-3-15(4-6-16)11-19-8-7-14(2)18-19/h3-10H,11-12H2,1-2H3. The predicted molar refractivity (Wildman–Crippen MR) is 78.6 cm³/mol. The van der Waals surface area contributed by atoms with E-state index in [2.05, 4.69) is 47.6 Å². The van der Waals surface area contributed by atoms with Crippen LogP contribution in [0, 0.1) is 13.8 Å². The highest BCUT2D eigenvalue weighted by molar-refractivity contribution is 5.23. The first-order valence-corrected chi connectivity index (χ1v) is 6.76. The number of benzene rings is 1. The van der Waals surface area contributed by atoms with Crippen LogP contribution in [0.5, 0.6) is 0 Å². The van der Waals surface area contributed by atoms with Crippen LogP contribution in [-0.2, 0) is 13.1 Å². The Morgan fingerprint density at radius 1 is 0.900 bits per heavy atom. The zero-order valence-corrected chi connectivity index (χ0v) is 11.8. The molecule has 0 spiro atoms. The zero-order chi connectivity index (χ0) is 13.9. The van der Waals surface area contributed by atoms with Crippen LogP contribution in [0.1, 0.15) is 22.4 Å². The Kier molecular flexibility index (Phi) is 3.37. The second-order valence-corrected chi connectivity index (χ2v) is 5.19. The highest BCUT2D eigenvalue weighted by Gasteiger charge is 2.00. The van der Waals surface area contributed by atoms with Crippen molar-refractivity contribution in [2.24, 2.45) is 0 Å². The molecular formula is C16H18N4. The molecular weight excluding hydrogens is 248 g/mol. The van der Waals surface area contributed by atoms with Gasteiger partial charge >= 0.3 is 0 Å². The Morgan fingerprint density at radius 3 is 2.05 bits per heavy atom. The first-order valence-electron chi connectivity index (χ1n) is 6.76. The highest BCUT2D eigenvalue weighted by Crippen LogP contribution is 2.08. The summed E-state index contributed by atoms with van der Waals surface area (Å²) in [7, 11) is 0. The van der Waals surface area contributed by atoms with Gasteiger partial charge < -0.3 is 0 Å². The van der Waals surface area contributed by atoms with E-state index in [4.69, 9.17) is 0 Å². The van der Waals surface area contributed by atoms with Crippen molar-refractivity contribution in [2.75, 3.05) is 0 Å². The average molecular weight is 266 g/mol. The molecule has 0 N–H and O–H groups in total. The lowest BCUT2D eigenvalue weighted by Crippen LogP contribution is -2.02. The normalized spacial score (nSPS) is 10.9. The molecule has 1 aromatic carbocycles. The fraction of sp³-hybridized carbons (Fsp3) is 0.250. The van der Waals surface area contributed by atoms with Gasteiger partial charge in [-0.1, -0.05) is 24.3 Å². The third-order valence-electron chi connectivity index (χ3n) is 3.25. The van der Waals surface area contributed by atoms with Gasteiger partial charge in [-0.2, -0.15) is 10.2 Å². The minimum atomic E-state index is 0.814. The molecule has 4 nitrogen and oxygen atoms in total. The van der Waals surface area contributed by atoms with Crippen molar-refractivity contribution >= 4 is 0 Å². The van der Waals surface area contributed by atoms with E-state index >= 15 is 0 Å². The summed E-state index contributed by atoms with van der Waals surface area (Å²) in [5.41, 5.74) is 4.76. The third-order valence-corrected chi connectivity index (χ3v) is 3.25. The van der Waals surface area contributed by atoms with E-state index < -0.39 is 0 Å². The van der Waals surface area contributed by atoms with Crippen molar-refractivity contribution < 1.29 is 0 Å². The maximum Gasteiger partial charge on any atom is 0.0659 e. The molecule has 0 saturated heterocycles. The van der Waals surface area contributed by atoms with Crippen molar-refractivity contribution in [1.29, 1.82) is 0 Å². The van der Waals surface area contributed by atoms with Crippen molar-refractivity contribution in [2.45, 2.75) is 26.9 Å². The van der Waals surface area contributed by atoms with Gasteiger partial charge in [0, 0.05) is 12.4 Å². The minimum absolute atomic E-state index is 0.814. The smallest absolute Gasteiger partial charge is 0.0659 e. The Morgan fingerprint density at radius 2 is 1.55 bits per heavy atom. The number of aromatic nitrogens is 4. The molecule has 0 amide bonds. The zero-order valence-electron chi connectivity index (χ0n) is 11.8. The molecule has 2 aromatic heterocycles. The molecule has 4 heteroatoms. The molecule has 0 bridgehead atoms. The van der Waals surface area contributed by atoms with Crippen LogP contribution in [0.4, 0.5) is 0 Å². The van der Waals surface area contributed by atoms with Crippen LogP contribution in [0.2, 0.25) is 0 Å². The van der Waals surface area contributed by atoms with Gasteiger partial charge in [0.2, 0.25) is 0 Å². The molecule has 0 aliphatic rings. The topological polar surface area (TPSA) is 35.6 Å². The van der Waals surface area contributed by atoms with Gasteiger partial charge in [-0.3, -0.25) is 9.36 Å². The van der Waals surface area contributed by atoms with Crippen molar-refractivity contribution in [3.8, 4) is 0 Å². The van der Waals surface area contributed by atoms with Crippen LogP contribution >= 0.6 is 0 Å². The fourth-order valence-corrected chi connectivity index (χ4v) is 2.23. The predicted octanol–water partition coefficient (Wildman–Crippen LogP) is 2.79. The monoisotopic (exact) mass is 266 g/mol. The molecule has 0 aliphatic heterocycles. The van der Waals surface area contributed by atoms with Gasteiger partial charge in [-0.15, -0.1) is 0 Å². The van der Waals surface area contributed by atoms with E-state index in [9.17, 15) is 0 Å². The van der Waals surface area contributed by atoms with E-state index in [1.54, 1.807) is 0 Å². The summed E-state index contributed by atoms with van der Waals surface area (Å²) in [4.78, 5) is 0. The second kappa shape index (κ2) is 5.33. The third kappa shape index (κ3) is 2.96. The molecule has 0 saturated carbocycles. The Labute approximate surface area is 118 Å². The largest absolute Gasteiger partial charge is 0.268 e. The van der Waals surface area contributed by atoms with Gasteiger partial charge in [-0.25, -0.2) is 0 Å². The Hall–Kier alpha value is -2.36. The van der Waals surface area contributed by atoms with E-state index in [0.29, 0.717) is 0 Å². The summed E-state index contributed by atoms with van der Waals surface area (Å²) in [5, 5.41) is 8.71. The lowest BCUT2D eigenvalue weighted by atomic mass is 10.1. The number of hydrogen-bond donors (Lipinski definition) is 0. The number of hydrogen-bond acceptors (Lipinski definition) is 2. The summed E-state index contributed by atoms with van der Waals surface area (Å²) in [6.07, 6.45) is 5.95. The first-order chi connectivity index (χ1) is 9.69. The van der Waals surface area contributed by atoms with Crippen molar-refractivity contribution in [3.05, 3.63) is 71.3 Å². The van der Waals surface area contributed by atoms with E-state index in [0.717, 1.165) is 18.8 Å². The van der Waals surface area contributed by atoms with Gasteiger partial charge in [0.05, 0.1) is 25.0 Å². The SMILES string of the molecule is Cc1cnn(Cc2ccc(Cn3ccc(C)n3)cc2)c1. The highest BCUT2D eigenvalue weighted by atomic mass is 15.3. The molecule has 0 fully saturated rings. The summed E-state index contributed by atoms with van der Waals surface area (Å²) >= 11 is 0. The molecule has 20 heavy (non-hydrogen) atoms. The molecule has 0 unspecified atom stereocenters. The number of rotatable bonds is 4. The van der Waals surface area contributed by atoms with Crippen LogP contribution in [-0.4, -0.2) is 19.6 Å². The summed E-state index contributed by atoms with van der Waals surface area (Å²) in [6.45, 7) is 5.69. The minimum Gasteiger partial charge on any atom is -0.268 e. The molecule has 3 rings (SSSR count). The van der Waals surface area contributed by atoms with Crippen LogP contribution in [0.25, 0.3) is 0 Å². The van der Waals surface area contributed by atoms with E-state index in [1.165, 1.54) is 16.7 Å². The van der Waals surface area contributed by atoms with Crippen LogP contribution < -0.4 is 0 Å². The molecule has 3 aromatic rings. The van der Waals surface area contributed by atoms with Gasteiger partial charge in [-0.05, 0) is 36.6 Å². The second-order valence-electron chi connectivity index (χ2n) is 5.19. The van der Waals surface area contributed by atoms with Crippen LogP contribution in [0.3, 0.4) is 0 Å². The quantitative estimate of drug-likeness (QED) is 0.728. The molecule has 0 radical (unpaired) electrons.